The lowest BCUT2D eigenvalue weighted by molar-refractivity contribution is -0.192. The second-order valence-electron chi connectivity index (χ2n) is 5.18. The summed E-state index contributed by atoms with van der Waals surface area (Å²) in [7, 11) is 0. The molecule has 1 aromatic rings. The standard InChI is InChI=1S/C14H20O3S/c1-11-8-12(10-18-11)9-15-13-2-4-14(5-3-13)16-6-7-17-14/h8,10,13H,2-7,9H2,1H3. The van der Waals surface area contributed by atoms with Crippen molar-refractivity contribution in [2.75, 3.05) is 13.2 Å². The van der Waals surface area contributed by atoms with Crippen molar-refractivity contribution >= 4 is 11.3 Å². The summed E-state index contributed by atoms with van der Waals surface area (Å²) in [6.07, 6.45) is 4.40. The molecule has 0 N–H and O–H groups in total. The first-order valence-electron chi connectivity index (χ1n) is 6.69. The Morgan fingerprint density at radius 1 is 1.33 bits per heavy atom. The van der Waals surface area contributed by atoms with Crippen molar-refractivity contribution < 1.29 is 14.2 Å². The largest absolute Gasteiger partial charge is 0.374 e. The highest BCUT2D eigenvalue weighted by Crippen LogP contribution is 2.36. The van der Waals surface area contributed by atoms with Gasteiger partial charge >= 0.3 is 0 Å². The van der Waals surface area contributed by atoms with Gasteiger partial charge in [-0.1, -0.05) is 0 Å². The quantitative estimate of drug-likeness (QED) is 0.842. The minimum absolute atomic E-state index is 0.265. The predicted octanol–water partition coefficient (Wildman–Crippen LogP) is 3.26. The predicted molar refractivity (Wildman–Crippen MR) is 70.7 cm³/mol. The van der Waals surface area contributed by atoms with Gasteiger partial charge in [0.25, 0.3) is 0 Å². The van der Waals surface area contributed by atoms with E-state index in [1.165, 1.54) is 10.4 Å². The van der Waals surface area contributed by atoms with E-state index in [1.54, 1.807) is 11.3 Å². The molecule has 4 heteroatoms. The summed E-state index contributed by atoms with van der Waals surface area (Å²) >= 11 is 1.79. The van der Waals surface area contributed by atoms with E-state index in [0.29, 0.717) is 6.10 Å². The molecule has 0 aromatic carbocycles. The van der Waals surface area contributed by atoms with Crippen LogP contribution in [0.15, 0.2) is 11.4 Å². The lowest BCUT2D eigenvalue weighted by Gasteiger charge is -2.35. The summed E-state index contributed by atoms with van der Waals surface area (Å²) in [5.74, 6) is -0.265. The van der Waals surface area contributed by atoms with Gasteiger partial charge in [-0.05, 0) is 36.8 Å². The van der Waals surface area contributed by atoms with E-state index in [0.717, 1.165) is 45.5 Å². The highest BCUT2D eigenvalue weighted by Gasteiger charge is 2.40. The van der Waals surface area contributed by atoms with Crippen molar-refractivity contribution in [2.24, 2.45) is 0 Å². The molecule has 18 heavy (non-hydrogen) atoms. The minimum atomic E-state index is -0.265. The highest BCUT2D eigenvalue weighted by atomic mass is 32.1. The Balaban J connectivity index is 1.45. The first kappa shape index (κ1) is 12.6. The van der Waals surface area contributed by atoms with Crippen molar-refractivity contribution in [3.8, 4) is 0 Å². The molecule has 1 aliphatic heterocycles. The van der Waals surface area contributed by atoms with E-state index in [4.69, 9.17) is 14.2 Å². The maximum Gasteiger partial charge on any atom is 0.168 e. The van der Waals surface area contributed by atoms with Crippen molar-refractivity contribution in [3.63, 3.8) is 0 Å². The van der Waals surface area contributed by atoms with Gasteiger partial charge in [0, 0.05) is 17.7 Å². The zero-order valence-electron chi connectivity index (χ0n) is 10.8. The molecule has 0 amide bonds. The van der Waals surface area contributed by atoms with Crippen LogP contribution in [0.1, 0.15) is 36.1 Å². The SMILES string of the molecule is Cc1cc(COC2CCC3(CC2)OCCO3)cs1. The molecule has 1 aliphatic carbocycles. The molecule has 1 saturated carbocycles. The smallest absolute Gasteiger partial charge is 0.168 e. The Morgan fingerprint density at radius 2 is 2.06 bits per heavy atom. The number of thiophene rings is 1. The molecule has 1 spiro atoms. The molecular formula is C14H20O3S. The molecule has 0 unspecified atom stereocenters. The molecular weight excluding hydrogens is 248 g/mol. The average molecular weight is 268 g/mol. The van der Waals surface area contributed by atoms with Crippen LogP contribution in [0.3, 0.4) is 0 Å². The van der Waals surface area contributed by atoms with Crippen LogP contribution in [-0.2, 0) is 20.8 Å². The third-order valence-corrected chi connectivity index (χ3v) is 4.69. The van der Waals surface area contributed by atoms with Gasteiger partial charge in [0.05, 0.1) is 25.9 Å². The molecule has 2 heterocycles. The third kappa shape index (κ3) is 2.77. The van der Waals surface area contributed by atoms with Crippen LogP contribution in [0.2, 0.25) is 0 Å². The van der Waals surface area contributed by atoms with Gasteiger partial charge in [-0.15, -0.1) is 11.3 Å². The minimum Gasteiger partial charge on any atom is -0.374 e. The molecule has 3 rings (SSSR count). The second-order valence-corrected chi connectivity index (χ2v) is 6.30. The maximum atomic E-state index is 5.98. The van der Waals surface area contributed by atoms with Crippen LogP contribution in [0, 0.1) is 6.92 Å². The Labute approximate surface area is 112 Å². The Hall–Kier alpha value is -0.420. The van der Waals surface area contributed by atoms with Crippen LogP contribution in [0.5, 0.6) is 0 Å². The van der Waals surface area contributed by atoms with E-state index in [9.17, 15) is 0 Å². The van der Waals surface area contributed by atoms with Crippen LogP contribution in [0.4, 0.5) is 0 Å². The molecule has 2 aliphatic rings. The van der Waals surface area contributed by atoms with E-state index < -0.39 is 0 Å². The van der Waals surface area contributed by atoms with Gasteiger partial charge in [-0.25, -0.2) is 0 Å². The van der Waals surface area contributed by atoms with Gasteiger partial charge < -0.3 is 14.2 Å². The number of rotatable bonds is 3. The fraction of sp³-hybridized carbons (Fsp3) is 0.714. The third-order valence-electron chi connectivity index (χ3n) is 3.78. The van der Waals surface area contributed by atoms with Gasteiger partial charge in [-0.2, -0.15) is 0 Å². The molecule has 3 nitrogen and oxygen atoms in total. The normalized spacial score (nSPS) is 23.8. The Kier molecular flexibility index (Phi) is 3.71. The number of ether oxygens (including phenoxy) is 3. The molecule has 0 bridgehead atoms. The summed E-state index contributed by atoms with van der Waals surface area (Å²) < 4.78 is 17.4. The summed E-state index contributed by atoms with van der Waals surface area (Å²) in [6, 6.07) is 2.21. The summed E-state index contributed by atoms with van der Waals surface area (Å²) in [6.45, 7) is 4.37. The van der Waals surface area contributed by atoms with Crippen molar-refractivity contribution in [1.82, 2.24) is 0 Å². The van der Waals surface area contributed by atoms with Gasteiger partial charge in [0.1, 0.15) is 0 Å². The first-order valence-corrected chi connectivity index (χ1v) is 7.57. The summed E-state index contributed by atoms with van der Waals surface area (Å²) in [4.78, 5) is 1.35. The summed E-state index contributed by atoms with van der Waals surface area (Å²) in [5, 5.41) is 2.18. The molecule has 1 saturated heterocycles. The molecule has 100 valence electrons. The number of hydrogen-bond acceptors (Lipinski definition) is 4. The van der Waals surface area contributed by atoms with Crippen LogP contribution < -0.4 is 0 Å². The zero-order valence-corrected chi connectivity index (χ0v) is 11.6. The maximum absolute atomic E-state index is 5.98. The van der Waals surface area contributed by atoms with Crippen LogP contribution in [-0.4, -0.2) is 25.1 Å². The van der Waals surface area contributed by atoms with Gasteiger partial charge in [-0.3, -0.25) is 0 Å². The fourth-order valence-electron chi connectivity index (χ4n) is 2.77. The van der Waals surface area contributed by atoms with E-state index in [-0.39, 0.29) is 5.79 Å². The number of hydrogen-bond donors (Lipinski definition) is 0. The molecule has 0 radical (unpaired) electrons. The lowest BCUT2D eigenvalue weighted by atomic mass is 9.92. The first-order chi connectivity index (χ1) is 8.76. The Bertz CT molecular complexity index is 385. The topological polar surface area (TPSA) is 27.7 Å². The Morgan fingerprint density at radius 3 is 2.67 bits per heavy atom. The van der Waals surface area contributed by atoms with Crippen LogP contribution >= 0.6 is 11.3 Å². The van der Waals surface area contributed by atoms with Gasteiger partial charge in [0.2, 0.25) is 0 Å². The molecule has 2 fully saturated rings. The lowest BCUT2D eigenvalue weighted by Crippen LogP contribution is -2.37. The van der Waals surface area contributed by atoms with E-state index >= 15 is 0 Å². The van der Waals surface area contributed by atoms with Crippen LogP contribution in [0.25, 0.3) is 0 Å². The van der Waals surface area contributed by atoms with Crippen molar-refractivity contribution in [1.29, 1.82) is 0 Å². The molecule has 0 atom stereocenters. The van der Waals surface area contributed by atoms with E-state index in [1.807, 2.05) is 0 Å². The number of aryl methyl sites for hydroxylation is 1. The summed E-state index contributed by atoms with van der Waals surface area (Å²) in [5.41, 5.74) is 1.30. The van der Waals surface area contributed by atoms with E-state index in [2.05, 4.69) is 18.4 Å². The highest BCUT2D eigenvalue weighted by molar-refractivity contribution is 7.10. The fourth-order valence-corrected chi connectivity index (χ4v) is 3.46. The second kappa shape index (κ2) is 5.29. The monoisotopic (exact) mass is 268 g/mol. The zero-order chi connectivity index (χ0) is 12.4. The average Bonchev–Trinajstić information content (AvgIpc) is 2.99. The van der Waals surface area contributed by atoms with Crippen molar-refractivity contribution in [3.05, 3.63) is 21.9 Å². The molecule has 1 aromatic heterocycles. The van der Waals surface area contributed by atoms with Gasteiger partial charge in [0.15, 0.2) is 5.79 Å². The van der Waals surface area contributed by atoms with Crippen molar-refractivity contribution in [2.45, 2.75) is 51.1 Å².